The predicted octanol–water partition coefficient (Wildman–Crippen LogP) is 4.33. The number of hydrogen-bond acceptors (Lipinski definition) is 6. The maximum Gasteiger partial charge on any atom is 0.287 e. The molecule has 4 aromatic rings. The van der Waals surface area contributed by atoms with Crippen molar-refractivity contribution in [2.45, 2.75) is 44.2 Å². The van der Waals surface area contributed by atoms with Crippen molar-refractivity contribution in [3.05, 3.63) is 78.1 Å². The fourth-order valence-electron chi connectivity index (χ4n) is 5.39. The molecule has 1 aliphatic heterocycles. The van der Waals surface area contributed by atoms with Gasteiger partial charge >= 0.3 is 0 Å². The van der Waals surface area contributed by atoms with E-state index in [-0.39, 0.29) is 36.4 Å². The van der Waals surface area contributed by atoms with Crippen LogP contribution in [0, 0.1) is 5.82 Å². The summed E-state index contributed by atoms with van der Waals surface area (Å²) < 4.78 is 26.3. The average Bonchev–Trinajstić information content (AvgIpc) is 3.62. The highest BCUT2D eigenvalue weighted by molar-refractivity contribution is 5.92. The zero-order chi connectivity index (χ0) is 28.8. The lowest BCUT2D eigenvalue weighted by atomic mass is 9.96. The van der Waals surface area contributed by atoms with E-state index >= 15 is 0 Å². The molecule has 9 nitrogen and oxygen atoms in total. The minimum atomic E-state index is -0.544. The number of amides is 2. The highest BCUT2D eigenvalue weighted by Crippen LogP contribution is 2.30. The number of likely N-dealkylation sites (tertiary alicyclic amines) is 1. The molecule has 41 heavy (non-hydrogen) atoms. The third-order valence-corrected chi connectivity index (χ3v) is 7.47. The minimum Gasteiger partial charge on any atom is -0.451 e. The van der Waals surface area contributed by atoms with Crippen molar-refractivity contribution in [2.75, 3.05) is 33.4 Å². The summed E-state index contributed by atoms with van der Waals surface area (Å²) in [6, 6.07) is 16.6. The Balaban J connectivity index is 1.16. The molecule has 216 valence electrons. The Hall–Kier alpha value is -4.02. The molecule has 2 aromatic heterocycles. The average molecular weight is 562 g/mol. The van der Waals surface area contributed by atoms with Crippen LogP contribution in [0.5, 0.6) is 0 Å². The van der Waals surface area contributed by atoms with Gasteiger partial charge in [-0.3, -0.25) is 9.59 Å². The van der Waals surface area contributed by atoms with Gasteiger partial charge in [0, 0.05) is 63.8 Å². The van der Waals surface area contributed by atoms with Crippen molar-refractivity contribution >= 4 is 22.8 Å². The summed E-state index contributed by atoms with van der Waals surface area (Å²) >= 11 is 0. The Kier molecular flexibility index (Phi) is 9.11. The number of carbonyl (C=O) groups is 2. The van der Waals surface area contributed by atoms with Crippen molar-refractivity contribution in [1.29, 1.82) is 0 Å². The Morgan fingerprint density at radius 2 is 1.98 bits per heavy atom. The van der Waals surface area contributed by atoms with E-state index in [1.54, 1.807) is 31.4 Å². The number of piperidine rings is 1. The SMILES string of the molecule is COCCCn1c(C2CCCN(C(=O)CC(N)CNC(=O)c3ccc(-c4ccc(F)cc4)o3)C2)nc2ccccc21. The van der Waals surface area contributed by atoms with Gasteiger partial charge in [-0.15, -0.1) is 0 Å². The van der Waals surface area contributed by atoms with Crippen LogP contribution in [-0.2, 0) is 16.1 Å². The molecule has 1 aliphatic rings. The topological polar surface area (TPSA) is 116 Å². The second kappa shape index (κ2) is 13.1. The Morgan fingerprint density at radius 3 is 2.78 bits per heavy atom. The third kappa shape index (κ3) is 6.83. The number of hydrogen-bond donors (Lipinski definition) is 2. The van der Waals surface area contributed by atoms with Gasteiger partial charge in [0.25, 0.3) is 5.91 Å². The molecular formula is C31H36FN5O4. The lowest BCUT2D eigenvalue weighted by molar-refractivity contribution is -0.132. The van der Waals surface area contributed by atoms with Crippen LogP contribution in [0.1, 0.15) is 48.0 Å². The van der Waals surface area contributed by atoms with Gasteiger partial charge in [0.05, 0.1) is 11.0 Å². The van der Waals surface area contributed by atoms with E-state index in [9.17, 15) is 14.0 Å². The molecule has 0 aliphatic carbocycles. The molecule has 10 heteroatoms. The molecular weight excluding hydrogens is 525 g/mol. The van der Waals surface area contributed by atoms with Gasteiger partial charge in [0.1, 0.15) is 17.4 Å². The van der Waals surface area contributed by atoms with Gasteiger partial charge in [-0.1, -0.05) is 12.1 Å². The van der Waals surface area contributed by atoms with Crippen molar-refractivity contribution < 1.29 is 23.1 Å². The third-order valence-electron chi connectivity index (χ3n) is 7.47. The lowest BCUT2D eigenvalue weighted by Gasteiger charge is -2.33. The van der Waals surface area contributed by atoms with E-state index < -0.39 is 11.9 Å². The molecule has 3 N–H and O–H groups in total. The highest BCUT2D eigenvalue weighted by Gasteiger charge is 2.29. The Bertz CT molecular complexity index is 1480. The first kappa shape index (κ1) is 28.5. The number of halogens is 1. The molecule has 2 aromatic carbocycles. The number of para-hydroxylation sites is 2. The fraction of sp³-hybridized carbons (Fsp3) is 0.387. The summed E-state index contributed by atoms with van der Waals surface area (Å²) in [7, 11) is 1.70. The van der Waals surface area contributed by atoms with E-state index in [2.05, 4.69) is 16.0 Å². The Labute approximate surface area is 238 Å². The maximum absolute atomic E-state index is 13.2. The molecule has 2 amide bonds. The number of methoxy groups -OCH3 is 1. The van der Waals surface area contributed by atoms with Gasteiger partial charge < -0.3 is 29.7 Å². The second-order valence-electron chi connectivity index (χ2n) is 10.5. The first-order valence-corrected chi connectivity index (χ1v) is 14.0. The quantitative estimate of drug-likeness (QED) is 0.264. The molecule has 5 rings (SSSR count). The first-order valence-electron chi connectivity index (χ1n) is 14.0. The number of imidazole rings is 1. The van der Waals surface area contributed by atoms with Crippen LogP contribution in [0.2, 0.25) is 0 Å². The smallest absolute Gasteiger partial charge is 0.287 e. The van der Waals surface area contributed by atoms with Crippen LogP contribution in [0.4, 0.5) is 4.39 Å². The normalized spacial score (nSPS) is 16.2. The van der Waals surface area contributed by atoms with E-state index in [4.69, 9.17) is 19.9 Å². The number of benzene rings is 2. The van der Waals surface area contributed by atoms with Gasteiger partial charge in [-0.2, -0.15) is 0 Å². The van der Waals surface area contributed by atoms with Gasteiger partial charge in [0.15, 0.2) is 5.76 Å². The minimum absolute atomic E-state index is 0.0323. The molecule has 2 unspecified atom stereocenters. The number of nitrogens with two attached hydrogens (primary N) is 1. The predicted molar refractivity (Wildman–Crippen MR) is 154 cm³/mol. The van der Waals surface area contributed by atoms with Crippen LogP contribution in [-0.4, -0.2) is 65.7 Å². The van der Waals surface area contributed by atoms with Crippen LogP contribution in [0.25, 0.3) is 22.4 Å². The number of ether oxygens (including phenoxy) is 1. The molecule has 1 saturated heterocycles. The molecule has 3 heterocycles. The number of furan rings is 1. The molecule has 1 fully saturated rings. The number of carbonyl (C=O) groups excluding carboxylic acids is 2. The summed E-state index contributed by atoms with van der Waals surface area (Å²) in [6.45, 7) is 2.87. The molecule has 2 atom stereocenters. The number of rotatable bonds is 11. The molecule has 0 spiro atoms. The van der Waals surface area contributed by atoms with Crippen LogP contribution in [0.15, 0.2) is 65.1 Å². The van der Waals surface area contributed by atoms with E-state index in [0.717, 1.165) is 42.7 Å². The summed E-state index contributed by atoms with van der Waals surface area (Å²) in [5.74, 6) is 0.917. The number of aromatic nitrogens is 2. The standard InChI is InChI=1S/C31H36FN5O4/c1-40-17-5-16-37-26-8-3-2-7-25(26)35-30(37)22-6-4-15-36(20-22)29(38)18-24(33)19-34-31(39)28-14-13-27(41-28)21-9-11-23(32)12-10-21/h2-3,7-14,22,24H,4-6,15-20,33H2,1H3,(H,34,39). The van der Waals surface area contributed by atoms with E-state index in [1.807, 2.05) is 23.1 Å². The van der Waals surface area contributed by atoms with E-state index in [1.165, 1.54) is 12.1 Å². The largest absolute Gasteiger partial charge is 0.451 e. The molecule has 0 bridgehead atoms. The van der Waals surface area contributed by atoms with Crippen LogP contribution in [0.3, 0.4) is 0 Å². The second-order valence-corrected chi connectivity index (χ2v) is 10.5. The van der Waals surface area contributed by atoms with Gasteiger partial charge in [-0.25, -0.2) is 9.37 Å². The van der Waals surface area contributed by atoms with E-state index in [0.29, 0.717) is 31.0 Å². The lowest BCUT2D eigenvalue weighted by Crippen LogP contribution is -2.45. The van der Waals surface area contributed by atoms with Gasteiger partial charge in [-0.05, 0) is 67.8 Å². The Morgan fingerprint density at radius 1 is 1.17 bits per heavy atom. The van der Waals surface area contributed by atoms with Crippen LogP contribution < -0.4 is 11.1 Å². The van der Waals surface area contributed by atoms with Crippen molar-refractivity contribution in [3.8, 4) is 11.3 Å². The zero-order valence-corrected chi connectivity index (χ0v) is 23.2. The number of aryl methyl sites for hydroxylation is 1. The number of nitrogens with one attached hydrogen (secondary N) is 1. The summed E-state index contributed by atoms with van der Waals surface area (Å²) in [5, 5.41) is 2.75. The maximum atomic E-state index is 13.2. The van der Waals surface area contributed by atoms with Crippen molar-refractivity contribution in [1.82, 2.24) is 19.8 Å². The summed E-state index contributed by atoms with van der Waals surface area (Å²) in [6.07, 6.45) is 2.85. The zero-order valence-electron chi connectivity index (χ0n) is 23.2. The van der Waals surface area contributed by atoms with Crippen LogP contribution >= 0.6 is 0 Å². The fourth-order valence-corrected chi connectivity index (χ4v) is 5.39. The molecule has 0 radical (unpaired) electrons. The monoisotopic (exact) mass is 561 g/mol. The number of fused-ring (bicyclic) bond motifs is 1. The van der Waals surface area contributed by atoms with Crippen molar-refractivity contribution in [3.63, 3.8) is 0 Å². The van der Waals surface area contributed by atoms with Gasteiger partial charge in [0.2, 0.25) is 5.91 Å². The first-order chi connectivity index (χ1) is 19.9. The van der Waals surface area contributed by atoms with Crippen molar-refractivity contribution in [2.24, 2.45) is 5.73 Å². The molecule has 0 saturated carbocycles. The number of nitrogens with zero attached hydrogens (tertiary/aromatic N) is 3. The highest BCUT2D eigenvalue weighted by atomic mass is 19.1. The summed E-state index contributed by atoms with van der Waals surface area (Å²) in [5.41, 5.74) is 8.97. The summed E-state index contributed by atoms with van der Waals surface area (Å²) in [4.78, 5) is 32.6.